The van der Waals surface area contributed by atoms with E-state index in [0.29, 0.717) is 36.7 Å². The molecule has 1 fully saturated rings. The van der Waals surface area contributed by atoms with Gasteiger partial charge in [0.2, 0.25) is 5.91 Å². The summed E-state index contributed by atoms with van der Waals surface area (Å²) in [5.74, 6) is 0.489. The van der Waals surface area contributed by atoms with Crippen molar-refractivity contribution in [2.24, 2.45) is 0 Å². The van der Waals surface area contributed by atoms with Gasteiger partial charge in [0.15, 0.2) is 5.82 Å². The summed E-state index contributed by atoms with van der Waals surface area (Å²) in [7, 11) is 3.99. The standard InChI is InChI=1S/C24H31N5O3/c1-27(2)10-11-28(17-20-9-6-12-32-20)24(31)19-13-21-23(25-14-19)26-15-22(30)29(21)16-18-7-4-3-5-8-18/h3-5,7-8,13-14,20H,6,9-12,15-17H2,1-2H3,(H,25,26). The third-order valence-corrected chi connectivity index (χ3v) is 5.85. The first-order valence-corrected chi connectivity index (χ1v) is 11.1. The Balaban J connectivity index is 1.58. The number of amides is 2. The molecule has 8 heteroatoms. The van der Waals surface area contributed by atoms with E-state index in [1.165, 1.54) is 0 Å². The Morgan fingerprint density at radius 2 is 2.06 bits per heavy atom. The molecule has 2 amide bonds. The fourth-order valence-electron chi connectivity index (χ4n) is 4.05. The van der Waals surface area contributed by atoms with Crippen LogP contribution in [0.25, 0.3) is 0 Å². The number of aromatic nitrogens is 1. The molecule has 1 unspecified atom stereocenters. The molecule has 3 heterocycles. The first-order valence-electron chi connectivity index (χ1n) is 11.1. The summed E-state index contributed by atoms with van der Waals surface area (Å²) in [4.78, 5) is 36.3. The monoisotopic (exact) mass is 437 g/mol. The van der Waals surface area contributed by atoms with Gasteiger partial charge in [-0.15, -0.1) is 0 Å². The fraction of sp³-hybridized carbons (Fsp3) is 0.458. The lowest BCUT2D eigenvalue weighted by Gasteiger charge is -2.31. The van der Waals surface area contributed by atoms with E-state index in [4.69, 9.17) is 4.74 Å². The van der Waals surface area contributed by atoms with Crippen LogP contribution in [0.15, 0.2) is 42.6 Å². The number of ether oxygens (including phenoxy) is 1. The van der Waals surface area contributed by atoms with E-state index in [0.717, 1.165) is 31.6 Å². The molecule has 170 valence electrons. The number of benzene rings is 1. The van der Waals surface area contributed by atoms with Gasteiger partial charge in [-0.1, -0.05) is 30.3 Å². The summed E-state index contributed by atoms with van der Waals surface area (Å²) >= 11 is 0. The number of rotatable bonds is 8. The van der Waals surface area contributed by atoms with Crippen molar-refractivity contribution in [1.82, 2.24) is 14.8 Å². The lowest BCUT2D eigenvalue weighted by molar-refractivity contribution is -0.117. The van der Waals surface area contributed by atoms with Gasteiger partial charge >= 0.3 is 0 Å². The highest BCUT2D eigenvalue weighted by atomic mass is 16.5. The van der Waals surface area contributed by atoms with E-state index in [9.17, 15) is 9.59 Å². The lowest BCUT2D eigenvalue weighted by Crippen LogP contribution is -2.42. The minimum Gasteiger partial charge on any atom is -0.376 e. The Labute approximate surface area is 189 Å². The van der Waals surface area contributed by atoms with Gasteiger partial charge in [0.25, 0.3) is 5.91 Å². The summed E-state index contributed by atoms with van der Waals surface area (Å²) in [5.41, 5.74) is 2.15. The van der Waals surface area contributed by atoms with Crippen molar-refractivity contribution in [2.45, 2.75) is 25.5 Å². The average Bonchev–Trinajstić information content (AvgIpc) is 3.31. The Morgan fingerprint density at radius 1 is 1.25 bits per heavy atom. The van der Waals surface area contributed by atoms with Crippen molar-refractivity contribution < 1.29 is 14.3 Å². The van der Waals surface area contributed by atoms with Crippen LogP contribution < -0.4 is 10.2 Å². The van der Waals surface area contributed by atoms with Crippen molar-refractivity contribution in [3.8, 4) is 0 Å². The maximum Gasteiger partial charge on any atom is 0.255 e. The van der Waals surface area contributed by atoms with Crippen LogP contribution in [0, 0.1) is 0 Å². The molecule has 2 aliphatic heterocycles. The van der Waals surface area contributed by atoms with Gasteiger partial charge in [-0.2, -0.15) is 0 Å². The molecule has 0 radical (unpaired) electrons. The first-order chi connectivity index (χ1) is 15.5. The second-order valence-corrected chi connectivity index (χ2v) is 8.60. The summed E-state index contributed by atoms with van der Waals surface area (Å²) in [6.07, 6.45) is 3.67. The van der Waals surface area contributed by atoms with Gasteiger partial charge in [0.1, 0.15) is 0 Å². The SMILES string of the molecule is CN(C)CCN(CC1CCCO1)C(=O)c1cnc2c(c1)N(Cc1ccccc1)C(=O)CN2. The maximum atomic E-state index is 13.5. The Morgan fingerprint density at radius 3 is 2.78 bits per heavy atom. The van der Waals surface area contributed by atoms with Crippen molar-refractivity contribution in [3.05, 3.63) is 53.7 Å². The molecule has 0 saturated carbocycles. The van der Waals surface area contributed by atoms with Crippen LogP contribution in [0.2, 0.25) is 0 Å². The predicted octanol–water partition coefficient (Wildman–Crippen LogP) is 2.22. The van der Waals surface area contributed by atoms with Crippen LogP contribution in [0.1, 0.15) is 28.8 Å². The smallest absolute Gasteiger partial charge is 0.255 e. The molecule has 0 spiro atoms. The highest BCUT2D eigenvalue weighted by Gasteiger charge is 2.28. The molecule has 2 aromatic rings. The van der Waals surface area contributed by atoms with Crippen LogP contribution in [0.3, 0.4) is 0 Å². The highest BCUT2D eigenvalue weighted by Crippen LogP contribution is 2.30. The van der Waals surface area contributed by atoms with Gasteiger partial charge in [-0.25, -0.2) is 4.98 Å². The number of pyridine rings is 1. The van der Waals surface area contributed by atoms with E-state index >= 15 is 0 Å². The van der Waals surface area contributed by atoms with Gasteiger partial charge in [-0.3, -0.25) is 9.59 Å². The lowest BCUT2D eigenvalue weighted by atomic mass is 10.1. The van der Waals surface area contributed by atoms with Crippen molar-refractivity contribution in [1.29, 1.82) is 0 Å². The maximum absolute atomic E-state index is 13.5. The molecule has 2 aliphatic rings. The third-order valence-electron chi connectivity index (χ3n) is 5.85. The second kappa shape index (κ2) is 10.1. The number of nitrogens with zero attached hydrogens (tertiary/aromatic N) is 4. The molecule has 1 saturated heterocycles. The number of carbonyl (C=O) groups excluding carboxylic acids is 2. The minimum atomic E-state index is -0.0877. The molecule has 4 rings (SSSR count). The Kier molecular flexibility index (Phi) is 7.02. The van der Waals surface area contributed by atoms with Crippen molar-refractivity contribution in [3.63, 3.8) is 0 Å². The van der Waals surface area contributed by atoms with Crippen LogP contribution in [-0.4, -0.2) is 79.6 Å². The number of nitrogens with one attached hydrogen (secondary N) is 1. The van der Waals surface area contributed by atoms with E-state index in [2.05, 4.69) is 15.2 Å². The Bertz CT molecular complexity index is 944. The normalized spacial score (nSPS) is 17.9. The number of hydrogen-bond donors (Lipinski definition) is 1. The fourth-order valence-corrected chi connectivity index (χ4v) is 4.05. The molecule has 32 heavy (non-hydrogen) atoms. The summed E-state index contributed by atoms with van der Waals surface area (Å²) in [6.45, 7) is 3.31. The van der Waals surface area contributed by atoms with Gasteiger partial charge < -0.3 is 24.8 Å². The van der Waals surface area contributed by atoms with E-state index in [-0.39, 0.29) is 24.5 Å². The molecule has 0 bridgehead atoms. The molecule has 8 nitrogen and oxygen atoms in total. The zero-order valence-electron chi connectivity index (χ0n) is 18.8. The zero-order chi connectivity index (χ0) is 22.5. The van der Waals surface area contributed by atoms with Crippen LogP contribution in [0.4, 0.5) is 11.5 Å². The van der Waals surface area contributed by atoms with Crippen LogP contribution in [0.5, 0.6) is 0 Å². The molecule has 1 N–H and O–H groups in total. The first kappa shape index (κ1) is 22.2. The summed E-state index contributed by atoms with van der Waals surface area (Å²) in [5, 5.41) is 3.07. The number of fused-ring (bicyclic) bond motifs is 1. The van der Waals surface area contributed by atoms with E-state index in [1.54, 1.807) is 17.2 Å². The van der Waals surface area contributed by atoms with Crippen molar-refractivity contribution >= 4 is 23.3 Å². The van der Waals surface area contributed by atoms with Gasteiger partial charge in [0, 0.05) is 32.4 Å². The second-order valence-electron chi connectivity index (χ2n) is 8.60. The topological polar surface area (TPSA) is 78.0 Å². The molecular weight excluding hydrogens is 406 g/mol. The Hall–Kier alpha value is -2.97. The number of anilines is 2. The minimum absolute atomic E-state index is 0.0448. The highest BCUT2D eigenvalue weighted by molar-refractivity contribution is 6.04. The molecule has 0 aliphatic carbocycles. The summed E-state index contributed by atoms with van der Waals surface area (Å²) in [6, 6.07) is 11.6. The number of hydrogen-bond acceptors (Lipinski definition) is 6. The number of likely N-dealkylation sites (N-methyl/N-ethyl adjacent to an activating group) is 1. The number of carbonyl (C=O) groups is 2. The van der Waals surface area contributed by atoms with Crippen molar-refractivity contribution in [2.75, 3.05) is 57.1 Å². The van der Waals surface area contributed by atoms with Crippen LogP contribution >= 0.6 is 0 Å². The van der Waals surface area contributed by atoms with Crippen LogP contribution in [-0.2, 0) is 16.1 Å². The quantitative estimate of drug-likeness (QED) is 0.682. The largest absolute Gasteiger partial charge is 0.376 e. The van der Waals surface area contributed by atoms with E-state index in [1.807, 2.05) is 49.3 Å². The summed E-state index contributed by atoms with van der Waals surface area (Å²) < 4.78 is 5.78. The third kappa shape index (κ3) is 5.26. The molecule has 1 aromatic heterocycles. The average molecular weight is 438 g/mol. The zero-order valence-corrected chi connectivity index (χ0v) is 18.8. The molecular formula is C24H31N5O3. The van der Waals surface area contributed by atoms with E-state index < -0.39 is 0 Å². The predicted molar refractivity (Wildman–Crippen MR) is 124 cm³/mol. The molecule has 1 aromatic carbocycles. The molecule has 1 atom stereocenters. The van der Waals surface area contributed by atoms with Gasteiger partial charge in [-0.05, 0) is 38.6 Å². The van der Waals surface area contributed by atoms with Gasteiger partial charge in [0.05, 0.1) is 30.4 Å².